The second kappa shape index (κ2) is 5.96. The van der Waals surface area contributed by atoms with Gasteiger partial charge in [0.2, 0.25) is 0 Å². The van der Waals surface area contributed by atoms with Crippen LogP contribution in [0.1, 0.15) is 36.0 Å². The van der Waals surface area contributed by atoms with E-state index in [2.05, 4.69) is 0 Å². The normalized spacial score (nSPS) is 19.6. The van der Waals surface area contributed by atoms with E-state index in [1.807, 2.05) is 0 Å². The first-order valence-electron chi connectivity index (χ1n) is 6.19. The monoisotopic (exact) mass is 252 g/mol. The SMILES string of the molecule is COc1ccc(F)cc1C(=O)CC1CCCCO1. The number of carbonyl (C=O) groups is 1. The Labute approximate surface area is 106 Å². The van der Waals surface area contributed by atoms with Crippen LogP contribution in [0.4, 0.5) is 4.39 Å². The van der Waals surface area contributed by atoms with E-state index in [-0.39, 0.29) is 11.9 Å². The van der Waals surface area contributed by atoms with Gasteiger partial charge in [-0.1, -0.05) is 0 Å². The van der Waals surface area contributed by atoms with Gasteiger partial charge in [-0.05, 0) is 37.5 Å². The molecule has 0 radical (unpaired) electrons. The van der Waals surface area contributed by atoms with Crippen LogP contribution < -0.4 is 4.74 Å². The molecular weight excluding hydrogens is 235 g/mol. The van der Waals surface area contributed by atoms with E-state index < -0.39 is 5.82 Å². The van der Waals surface area contributed by atoms with E-state index >= 15 is 0 Å². The second-order valence-electron chi connectivity index (χ2n) is 4.46. The van der Waals surface area contributed by atoms with Crippen LogP contribution in [0.3, 0.4) is 0 Å². The van der Waals surface area contributed by atoms with Crippen molar-refractivity contribution in [2.24, 2.45) is 0 Å². The third kappa shape index (κ3) is 3.07. The lowest BCUT2D eigenvalue weighted by atomic mass is 9.99. The maximum atomic E-state index is 13.2. The average molecular weight is 252 g/mol. The second-order valence-corrected chi connectivity index (χ2v) is 4.46. The molecule has 1 atom stereocenters. The summed E-state index contributed by atoms with van der Waals surface area (Å²) in [5, 5.41) is 0. The quantitative estimate of drug-likeness (QED) is 0.773. The summed E-state index contributed by atoms with van der Waals surface area (Å²) in [6, 6.07) is 3.99. The van der Waals surface area contributed by atoms with Gasteiger partial charge < -0.3 is 9.47 Å². The molecule has 1 fully saturated rings. The van der Waals surface area contributed by atoms with Crippen molar-refractivity contribution in [2.75, 3.05) is 13.7 Å². The maximum Gasteiger partial charge on any atom is 0.169 e. The average Bonchev–Trinajstić information content (AvgIpc) is 2.40. The highest BCUT2D eigenvalue weighted by Crippen LogP contribution is 2.24. The summed E-state index contributed by atoms with van der Waals surface area (Å²) < 4.78 is 23.8. The summed E-state index contributed by atoms with van der Waals surface area (Å²) in [6.45, 7) is 0.707. The standard InChI is InChI=1S/C14H17FO3/c1-17-14-6-5-10(15)8-12(14)13(16)9-11-4-2-3-7-18-11/h5-6,8,11H,2-4,7,9H2,1H3. The molecule has 1 aliphatic rings. The Bertz CT molecular complexity index is 425. The van der Waals surface area contributed by atoms with Gasteiger partial charge in [-0.15, -0.1) is 0 Å². The highest BCUT2D eigenvalue weighted by molar-refractivity contribution is 5.99. The lowest BCUT2D eigenvalue weighted by Gasteiger charge is -2.22. The maximum absolute atomic E-state index is 13.2. The summed E-state index contributed by atoms with van der Waals surface area (Å²) >= 11 is 0. The molecule has 3 nitrogen and oxygen atoms in total. The number of ether oxygens (including phenoxy) is 2. The minimum atomic E-state index is -0.427. The van der Waals surface area contributed by atoms with Crippen LogP contribution in [0.2, 0.25) is 0 Å². The third-order valence-electron chi connectivity index (χ3n) is 3.15. The molecule has 0 bridgehead atoms. The molecule has 1 unspecified atom stereocenters. The molecule has 1 heterocycles. The van der Waals surface area contributed by atoms with Crippen molar-refractivity contribution in [3.8, 4) is 5.75 Å². The van der Waals surface area contributed by atoms with E-state index in [1.165, 1.54) is 25.3 Å². The van der Waals surface area contributed by atoms with Gasteiger partial charge in [0.1, 0.15) is 11.6 Å². The van der Waals surface area contributed by atoms with E-state index in [9.17, 15) is 9.18 Å². The number of ketones is 1. The van der Waals surface area contributed by atoms with Gasteiger partial charge in [-0.3, -0.25) is 4.79 Å². The highest BCUT2D eigenvalue weighted by atomic mass is 19.1. The van der Waals surface area contributed by atoms with E-state index in [0.29, 0.717) is 24.3 Å². The van der Waals surface area contributed by atoms with Crippen molar-refractivity contribution < 1.29 is 18.7 Å². The molecule has 1 aliphatic heterocycles. The zero-order valence-electron chi connectivity index (χ0n) is 10.4. The smallest absolute Gasteiger partial charge is 0.169 e. The van der Waals surface area contributed by atoms with Crippen LogP contribution in [0.5, 0.6) is 5.75 Å². The predicted molar refractivity (Wildman–Crippen MR) is 65.5 cm³/mol. The molecule has 2 rings (SSSR count). The zero-order valence-corrected chi connectivity index (χ0v) is 10.4. The molecule has 18 heavy (non-hydrogen) atoms. The van der Waals surface area contributed by atoms with Gasteiger partial charge in [0.05, 0.1) is 18.8 Å². The van der Waals surface area contributed by atoms with Crippen LogP contribution in [-0.4, -0.2) is 25.6 Å². The van der Waals surface area contributed by atoms with Crippen molar-refractivity contribution in [3.05, 3.63) is 29.6 Å². The largest absolute Gasteiger partial charge is 0.496 e. The van der Waals surface area contributed by atoms with Crippen LogP contribution in [0, 0.1) is 5.82 Å². The number of halogens is 1. The summed E-state index contributed by atoms with van der Waals surface area (Å²) in [4.78, 5) is 12.1. The van der Waals surface area contributed by atoms with Gasteiger partial charge in [-0.2, -0.15) is 0 Å². The van der Waals surface area contributed by atoms with Crippen molar-refractivity contribution in [3.63, 3.8) is 0 Å². The minimum absolute atomic E-state index is 0.0424. The molecule has 0 aliphatic carbocycles. The molecule has 0 saturated carbocycles. The number of rotatable bonds is 4. The van der Waals surface area contributed by atoms with Gasteiger partial charge in [0, 0.05) is 13.0 Å². The Kier molecular flexibility index (Phi) is 4.31. The van der Waals surface area contributed by atoms with Crippen molar-refractivity contribution in [2.45, 2.75) is 31.8 Å². The number of hydrogen-bond acceptors (Lipinski definition) is 3. The molecule has 1 saturated heterocycles. The van der Waals surface area contributed by atoms with E-state index in [0.717, 1.165) is 19.3 Å². The first-order chi connectivity index (χ1) is 8.70. The molecule has 1 aromatic carbocycles. The van der Waals surface area contributed by atoms with Gasteiger partial charge >= 0.3 is 0 Å². The van der Waals surface area contributed by atoms with Crippen molar-refractivity contribution >= 4 is 5.78 Å². The molecule has 0 amide bonds. The summed E-state index contributed by atoms with van der Waals surface area (Å²) in [5.41, 5.74) is 0.298. The summed E-state index contributed by atoms with van der Waals surface area (Å²) in [5.74, 6) is -0.140. The lowest BCUT2D eigenvalue weighted by molar-refractivity contribution is 0.0128. The highest BCUT2D eigenvalue weighted by Gasteiger charge is 2.21. The number of benzene rings is 1. The van der Waals surface area contributed by atoms with Gasteiger partial charge in [-0.25, -0.2) is 4.39 Å². The first kappa shape index (κ1) is 13.0. The van der Waals surface area contributed by atoms with Crippen molar-refractivity contribution in [1.82, 2.24) is 0 Å². The van der Waals surface area contributed by atoms with Gasteiger partial charge in [0.25, 0.3) is 0 Å². The van der Waals surface area contributed by atoms with E-state index in [4.69, 9.17) is 9.47 Å². The molecule has 0 spiro atoms. The van der Waals surface area contributed by atoms with Crippen LogP contribution in [0.25, 0.3) is 0 Å². The topological polar surface area (TPSA) is 35.5 Å². The number of carbonyl (C=O) groups excluding carboxylic acids is 1. The number of hydrogen-bond donors (Lipinski definition) is 0. The molecule has 1 aromatic rings. The fourth-order valence-corrected chi connectivity index (χ4v) is 2.18. The Hall–Kier alpha value is -1.42. The molecular formula is C14H17FO3. The minimum Gasteiger partial charge on any atom is -0.496 e. The first-order valence-corrected chi connectivity index (χ1v) is 6.19. The third-order valence-corrected chi connectivity index (χ3v) is 3.15. The Morgan fingerprint density at radius 2 is 2.33 bits per heavy atom. The van der Waals surface area contributed by atoms with Crippen LogP contribution in [0.15, 0.2) is 18.2 Å². The Morgan fingerprint density at radius 3 is 3.00 bits per heavy atom. The summed E-state index contributed by atoms with van der Waals surface area (Å²) in [7, 11) is 1.47. The number of methoxy groups -OCH3 is 1. The van der Waals surface area contributed by atoms with E-state index in [1.54, 1.807) is 0 Å². The fourth-order valence-electron chi connectivity index (χ4n) is 2.18. The predicted octanol–water partition coefficient (Wildman–Crippen LogP) is 2.98. The van der Waals surface area contributed by atoms with Crippen LogP contribution >= 0.6 is 0 Å². The summed E-state index contributed by atoms with van der Waals surface area (Å²) in [6.07, 6.45) is 3.27. The van der Waals surface area contributed by atoms with Gasteiger partial charge in [0.15, 0.2) is 5.78 Å². The Balaban J connectivity index is 2.09. The molecule has 4 heteroatoms. The Morgan fingerprint density at radius 1 is 1.50 bits per heavy atom. The molecule has 0 N–H and O–H groups in total. The molecule has 98 valence electrons. The zero-order chi connectivity index (χ0) is 13.0. The fraction of sp³-hybridized carbons (Fsp3) is 0.500. The number of Topliss-reactive ketones (excluding diaryl/α,β-unsaturated/α-hetero) is 1. The lowest BCUT2D eigenvalue weighted by Crippen LogP contribution is -2.22. The van der Waals surface area contributed by atoms with Crippen LogP contribution in [-0.2, 0) is 4.74 Å². The molecule has 0 aromatic heterocycles. The van der Waals surface area contributed by atoms with Crippen molar-refractivity contribution in [1.29, 1.82) is 0 Å².